The zero-order valence-corrected chi connectivity index (χ0v) is 18.4. The van der Waals surface area contributed by atoms with E-state index in [-0.39, 0.29) is 28.6 Å². The molecule has 0 radical (unpaired) electrons. The second-order valence-corrected chi connectivity index (χ2v) is 7.64. The summed E-state index contributed by atoms with van der Waals surface area (Å²) < 4.78 is 39.3. The number of hydrogen-bond acceptors (Lipinski definition) is 6. The quantitative estimate of drug-likeness (QED) is 0.586. The fourth-order valence-electron chi connectivity index (χ4n) is 4.07. The molecule has 1 atom stereocenters. The molecule has 1 aliphatic heterocycles. The zero-order valence-electron chi connectivity index (χ0n) is 18.4. The number of rotatable bonds is 6. The van der Waals surface area contributed by atoms with Crippen LogP contribution in [0.2, 0.25) is 0 Å². The molecular formula is C24H21F2N3O5. The smallest absolute Gasteiger partial charge is 0.326 e. The molecule has 2 heterocycles. The van der Waals surface area contributed by atoms with Gasteiger partial charge in [0.05, 0.1) is 19.8 Å². The average Bonchev–Trinajstić information content (AvgIpc) is 3.35. The van der Waals surface area contributed by atoms with E-state index >= 15 is 0 Å². The first-order valence-corrected chi connectivity index (χ1v) is 10.4. The molecule has 10 heteroatoms. The van der Waals surface area contributed by atoms with Gasteiger partial charge in [0, 0.05) is 23.9 Å². The van der Waals surface area contributed by atoms with Crippen molar-refractivity contribution in [1.82, 2.24) is 14.9 Å². The van der Waals surface area contributed by atoms with Gasteiger partial charge in [-0.05, 0) is 42.2 Å². The summed E-state index contributed by atoms with van der Waals surface area (Å²) in [6.07, 6.45) is 2.33. The highest BCUT2D eigenvalue weighted by Gasteiger charge is 2.34. The molecule has 1 fully saturated rings. The number of nitrogens with zero attached hydrogens (tertiary/aromatic N) is 3. The summed E-state index contributed by atoms with van der Waals surface area (Å²) in [5, 5.41) is 9.45. The van der Waals surface area contributed by atoms with Crippen LogP contribution in [0.25, 0.3) is 22.3 Å². The normalized spacial score (nSPS) is 15.3. The van der Waals surface area contributed by atoms with Gasteiger partial charge in [0.25, 0.3) is 5.91 Å². The van der Waals surface area contributed by atoms with Gasteiger partial charge in [0.1, 0.15) is 6.04 Å². The summed E-state index contributed by atoms with van der Waals surface area (Å²) in [7, 11) is 2.79. The van der Waals surface area contributed by atoms with Gasteiger partial charge in [-0.1, -0.05) is 18.2 Å². The molecule has 0 spiro atoms. The molecule has 0 aliphatic carbocycles. The Balaban J connectivity index is 1.89. The summed E-state index contributed by atoms with van der Waals surface area (Å²) in [6.45, 7) is 0.293. The van der Waals surface area contributed by atoms with Crippen molar-refractivity contribution in [3.63, 3.8) is 0 Å². The van der Waals surface area contributed by atoms with Crippen molar-refractivity contribution in [2.75, 3.05) is 20.8 Å². The molecule has 8 nitrogen and oxygen atoms in total. The van der Waals surface area contributed by atoms with Crippen LogP contribution >= 0.6 is 0 Å². The molecule has 3 aromatic rings. The molecule has 176 valence electrons. The summed E-state index contributed by atoms with van der Waals surface area (Å²) >= 11 is 0. The van der Waals surface area contributed by atoms with Crippen LogP contribution in [0.15, 0.2) is 42.6 Å². The fraction of sp³-hybridized carbons (Fsp3) is 0.250. The van der Waals surface area contributed by atoms with E-state index in [1.54, 1.807) is 6.07 Å². The summed E-state index contributed by atoms with van der Waals surface area (Å²) in [5.41, 5.74) is 1.01. The minimum atomic E-state index is -1.09. The Labute approximate surface area is 193 Å². The standard InChI is InChI=1S/C24H21F2N3O5/c1-33-21-17(12-27-24(28-21)34-2)14-9-8-13(22(30)29-10-4-7-19(29)23(31)32)11-16(14)15-5-3-6-18(25)20(15)26/h3,5-6,8-9,11-12,19H,4,7,10H2,1-2H3,(H,31,32). The van der Waals surface area contributed by atoms with Gasteiger partial charge in [0.15, 0.2) is 11.6 Å². The Morgan fingerprint density at radius 2 is 1.85 bits per heavy atom. The van der Waals surface area contributed by atoms with E-state index in [0.717, 1.165) is 6.07 Å². The molecular weight excluding hydrogens is 448 g/mol. The Kier molecular flexibility index (Phi) is 6.40. The van der Waals surface area contributed by atoms with Gasteiger partial charge < -0.3 is 19.5 Å². The second-order valence-electron chi connectivity index (χ2n) is 7.64. The average molecular weight is 469 g/mol. The van der Waals surface area contributed by atoms with Gasteiger partial charge in [-0.25, -0.2) is 18.6 Å². The number of carbonyl (C=O) groups is 2. The minimum absolute atomic E-state index is 0.0552. The van der Waals surface area contributed by atoms with Crippen LogP contribution in [0.1, 0.15) is 23.2 Å². The maximum atomic E-state index is 14.9. The number of benzene rings is 2. The number of aliphatic carboxylic acids is 1. The number of carbonyl (C=O) groups excluding carboxylic acids is 1. The summed E-state index contributed by atoms with van der Waals surface area (Å²) in [6, 6.07) is 7.32. The molecule has 1 N–H and O–H groups in total. The molecule has 1 unspecified atom stereocenters. The first-order valence-electron chi connectivity index (χ1n) is 10.4. The maximum absolute atomic E-state index is 14.9. The topological polar surface area (TPSA) is 102 Å². The van der Waals surface area contributed by atoms with Crippen LogP contribution in [0, 0.1) is 11.6 Å². The molecule has 34 heavy (non-hydrogen) atoms. The predicted molar refractivity (Wildman–Crippen MR) is 118 cm³/mol. The number of methoxy groups -OCH3 is 2. The predicted octanol–water partition coefficient (Wildman–Crippen LogP) is 3.80. The molecule has 0 bridgehead atoms. The van der Waals surface area contributed by atoms with Crippen LogP contribution in [-0.4, -0.2) is 58.7 Å². The number of ether oxygens (including phenoxy) is 2. The molecule has 0 saturated carbocycles. The van der Waals surface area contributed by atoms with Crippen LogP contribution in [0.4, 0.5) is 8.78 Å². The van der Waals surface area contributed by atoms with Crippen molar-refractivity contribution in [3.8, 4) is 34.1 Å². The Morgan fingerprint density at radius 3 is 2.56 bits per heavy atom. The fourth-order valence-corrected chi connectivity index (χ4v) is 4.07. The third kappa shape index (κ3) is 4.14. The third-order valence-corrected chi connectivity index (χ3v) is 5.70. The van der Waals surface area contributed by atoms with Gasteiger partial charge in [-0.15, -0.1) is 0 Å². The lowest BCUT2D eigenvalue weighted by molar-refractivity contribution is -0.141. The largest absolute Gasteiger partial charge is 0.480 e. The highest BCUT2D eigenvalue weighted by Crippen LogP contribution is 2.39. The molecule has 1 aliphatic rings. The van der Waals surface area contributed by atoms with E-state index in [1.165, 1.54) is 49.6 Å². The number of aromatic nitrogens is 2. The Morgan fingerprint density at radius 1 is 1.06 bits per heavy atom. The number of carboxylic acids is 1. The SMILES string of the molecule is COc1ncc(-c2ccc(C(=O)N3CCCC3C(=O)O)cc2-c2cccc(F)c2F)c(OC)n1. The summed E-state index contributed by atoms with van der Waals surface area (Å²) in [4.78, 5) is 34.2. The van der Waals surface area contributed by atoms with Crippen LogP contribution < -0.4 is 9.47 Å². The lowest BCUT2D eigenvalue weighted by atomic mass is 9.93. The monoisotopic (exact) mass is 469 g/mol. The van der Waals surface area contributed by atoms with Gasteiger partial charge >= 0.3 is 12.0 Å². The van der Waals surface area contributed by atoms with Crippen molar-refractivity contribution in [2.45, 2.75) is 18.9 Å². The van der Waals surface area contributed by atoms with E-state index in [1.807, 2.05) is 0 Å². The second kappa shape index (κ2) is 9.42. The first kappa shape index (κ1) is 23.1. The number of likely N-dealkylation sites (tertiary alicyclic amines) is 1. The highest BCUT2D eigenvalue weighted by atomic mass is 19.2. The number of hydrogen-bond donors (Lipinski definition) is 1. The molecule has 1 amide bonds. The minimum Gasteiger partial charge on any atom is -0.480 e. The lowest BCUT2D eigenvalue weighted by Gasteiger charge is -2.22. The van der Waals surface area contributed by atoms with Crippen LogP contribution in [-0.2, 0) is 4.79 Å². The van der Waals surface area contributed by atoms with Crippen molar-refractivity contribution in [2.24, 2.45) is 0 Å². The first-order chi connectivity index (χ1) is 16.3. The molecule has 2 aromatic carbocycles. The van der Waals surface area contributed by atoms with Crippen molar-refractivity contribution in [1.29, 1.82) is 0 Å². The number of halogens is 2. The maximum Gasteiger partial charge on any atom is 0.326 e. The van der Waals surface area contributed by atoms with Crippen molar-refractivity contribution >= 4 is 11.9 Å². The summed E-state index contributed by atoms with van der Waals surface area (Å²) in [5.74, 6) is -3.60. The molecule has 4 rings (SSSR count). The van der Waals surface area contributed by atoms with Crippen LogP contribution in [0.5, 0.6) is 11.9 Å². The molecule has 1 saturated heterocycles. The third-order valence-electron chi connectivity index (χ3n) is 5.70. The number of amides is 1. The number of carboxylic acid groups (broad SMARTS) is 1. The lowest BCUT2D eigenvalue weighted by Crippen LogP contribution is -2.40. The van der Waals surface area contributed by atoms with Crippen molar-refractivity contribution in [3.05, 3.63) is 59.8 Å². The zero-order chi connectivity index (χ0) is 24.4. The van der Waals surface area contributed by atoms with E-state index < -0.39 is 29.6 Å². The van der Waals surface area contributed by atoms with E-state index in [0.29, 0.717) is 30.5 Å². The van der Waals surface area contributed by atoms with Gasteiger partial charge in [-0.3, -0.25) is 4.79 Å². The highest BCUT2D eigenvalue weighted by molar-refractivity contribution is 6.00. The van der Waals surface area contributed by atoms with E-state index in [2.05, 4.69) is 9.97 Å². The Hall–Kier alpha value is -4.08. The van der Waals surface area contributed by atoms with Crippen LogP contribution in [0.3, 0.4) is 0 Å². The van der Waals surface area contributed by atoms with Gasteiger partial charge in [0.2, 0.25) is 5.88 Å². The Bertz CT molecular complexity index is 1270. The van der Waals surface area contributed by atoms with E-state index in [4.69, 9.17) is 9.47 Å². The van der Waals surface area contributed by atoms with E-state index in [9.17, 15) is 23.5 Å². The van der Waals surface area contributed by atoms with Crippen molar-refractivity contribution < 1.29 is 33.0 Å². The molecule has 1 aromatic heterocycles. The van der Waals surface area contributed by atoms with Gasteiger partial charge in [-0.2, -0.15) is 4.98 Å².